The molecule has 6 heteroatoms. The summed E-state index contributed by atoms with van der Waals surface area (Å²) in [5.41, 5.74) is -0.753. The summed E-state index contributed by atoms with van der Waals surface area (Å²) in [4.78, 5) is 12.7. The maximum Gasteiger partial charge on any atom is 0.416 e. The van der Waals surface area contributed by atoms with Gasteiger partial charge in [-0.2, -0.15) is 13.2 Å². The fourth-order valence-electron chi connectivity index (χ4n) is 3.86. The predicted octanol–water partition coefficient (Wildman–Crippen LogP) is 3.84. The molecule has 3 nitrogen and oxygen atoms in total. The summed E-state index contributed by atoms with van der Waals surface area (Å²) in [5, 5.41) is 6.30. The highest BCUT2D eigenvalue weighted by Gasteiger charge is 2.40. The first-order valence-electron chi connectivity index (χ1n) is 9.02. The van der Waals surface area contributed by atoms with Crippen LogP contribution in [0.3, 0.4) is 0 Å². The Morgan fingerprint density at radius 1 is 1.24 bits per heavy atom. The number of carbonyl (C=O) groups is 1. The van der Waals surface area contributed by atoms with Crippen molar-refractivity contribution >= 4 is 5.91 Å². The van der Waals surface area contributed by atoms with Crippen LogP contribution in [0.5, 0.6) is 0 Å². The fraction of sp³-hybridized carbons (Fsp3) is 0.632. The normalized spacial score (nSPS) is 22.1. The molecule has 1 saturated carbocycles. The van der Waals surface area contributed by atoms with E-state index >= 15 is 0 Å². The van der Waals surface area contributed by atoms with Crippen molar-refractivity contribution < 1.29 is 18.0 Å². The topological polar surface area (TPSA) is 41.1 Å². The van der Waals surface area contributed by atoms with E-state index in [1.54, 1.807) is 6.07 Å². The zero-order chi connectivity index (χ0) is 18.1. The van der Waals surface area contributed by atoms with Crippen molar-refractivity contribution in [1.29, 1.82) is 0 Å². The third-order valence-electron chi connectivity index (χ3n) is 5.75. The number of carbonyl (C=O) groups excluding carboxylic acids is 1. The summed E-state index contributed by atoms with van der Waals surface area (Å²) in [6.45, 7) is 3.56. The molecule has 1 aliphatic heterocycles. The molecular weight excluding hydrogens is 329 g/mol. The summed E-state index contributed by atoms with van der Waals surface area (Å²) in [6.07, 6.45) is -0.114. The molecule has 1 unspecified atom stereocenters. The highest BCUT2D eigenvalue weighted by Crippen LogP contribution is 2.40. The lowest BCUT2D eigenvalue weighted by Gasteiger charge is -2.41. The average Bonchev–Trinajstić information content (AvgIpc) is 2.53. The molecule has 1 atom stereocenters. The minimum atomic E-state index is -4.37. The monoisotopic (exact) mass is 354 g/mol. The Kier molecular flexibility index (Phi) is 5.09. The largest absolute Gasteiger partial charge is 0.416 e. The van der Waals surface area contributed by atoms with Crippen LogP contribution in [0.2, 0.25) is 0 Å². The van der Waals surface area contributed by atoms with Gasteiger partial charge in [0.1, 0.15) is 0 Å². The molecule has 2 N–H and O–H groups in total. The van der Waals surface area contributed by atoms with Crippen molar-refractivity contribution in [3.8, 4) is 0 Å². The number of alkyl halides is 3. The van der Waals surface area contributed by atoms with Crippen LogP contribution in [0.15, 0.2) is 24.3 Å². The molecule has 0 radical (unpaired) electrons. The molecule has 1 aliphatic carbocycles. The van der Waals surface area contributed by atoms with Crippen LogP contribution < -0.4 is 10.6 Å². The van der Waals surface area contributed by atoms with Crippen LogP contribution in [-0.2, 0) is 16.5 Å². The first kappa shape index (κ1) is 18.2. The lowest BCUT2D eigenvalue weighted by atomic mass is 9.75. The quantitative estimate of drug-likeness (QED) is 0.863. The van der Waals surface area contributed by atoms with Crippen molar-refractivity contribution in [1.82, 2.24) is 10.6 Å². The van der Waals surface area contributed by atoms with Gasteiger partial charge in [0.05, 0.1) is 11.1 Å². The Morgan fingerprint density at radius 3 is 2.48 bits per heavy atom. The van der Waals surface area contributed by atoms with E-state index in [1.165, 1.54) is 12.1 Å². The van der Waals surface area contributed by atoms with Gasteiger partial charge in [-0.3, -0.25) is 4.79 Å². The van der Waals surface area contributed by atoms with Gasteiger partial charge in [0, 0.05) is 5.92 Å². The van der Waals surface area contributed by atoms with Gasteiger partial charge in [-0.05, 0) is 49.5 Å². The number of hydrogen-bond acceptors (Lipinski definition) is 2. The van der Waals surface area contributed by atoms with E-state index in [1.807, 2.05) is 6.92 Å². The van der Waals surface area contributed by atoms with E-state index < -0.39 is 17.3 Å². The van der Waals surface area contributed by atoms with E-state index in [0.29, 0.717) is 24.3 Å². The Bertz CT molecular complexity index is 619. The number of rotatable bonds is 4. The maximum absolute atomic E-state index is 13.1. The molecule has 0 bridgehead atoms. The Morgan fingerprint density at radius 2 is 1.92 bits per heavy atom. The smallest absolute Gasteiger partial charge is 0.346 e. The van der Waals surface area contributed by atoms with Gasteiger partial charge in [0.15, 0.2) is 0 Å². The minimum Gasteiger partial charge on any atom is -0.346 e. The van der Waals surface area contributed by atoms with Crippen LogP contribution in [0.1, 0.15) is 50.2 Å². The highest BCUT2D eigenvalue weighted by atomic mass is 19.4. The number of hydrogen-bond donors (Lipinski definition) is 2. The summed E-state index contributed by atoms with van der Waals surface area (Å²) >= 11 is 0. The van der Waals surface area contributed by atoms with E-state index in [4.69, 9.17) is 0 Å². The molecule has 1 aromatic carbocycles. The molecule has 2 aliphatic rings. The van der Waals surface area contributed by atoms with Crippen LogP contribution in [0.25, 0.3) is 0 Å². The van der Waals surface area contributed by atoms with Gasteiger partial charge < -0.3 is 10.6 Å². The molecule has 1 aromatic rings. The second-order valence-corrected chi connectivity index (χ2v) is 7.42. The van der Waals surface area contributed by atoms with Crippen molar-refractivity contribution in [2.24, 2.45) is 11.8 Å². The number of amides is 1. The molecule has 0 spiro atoms. The molecular formula is C19H25F3N2O. The SMILES string of the molecule is CC(C(=O)NC1(c2cccc(C(F)(F)F)c2)CCCCC1)C1CNC1. The summed E-state index contributed by atoms with van der Waals surface area (Å²) in [6, 6.07) is 5.46. The van der Waals surface area contributed by atoms with Crippen LogP contribution >= 0.6 is 0 Å². The third-order valence-corrected chi connectivity index (χ3v) is 5.75. The number of benzene rings is 1. The van der Waals surface area contributed by atoms with Crippen molar-refractivity contribution in [3.05, 3.63) is 35.4 Å². The van der Waals surface area contributed by atoms with Gasteiger partial charge in [0.2, 0.25) is 5.91 Å². The molecule has 2 fully saturated rings. The lowest BCUT2D eigenvalue weighted by molar-refractivity contribution is -0.137. The zero-order valence-corrected chi connectivity index (χ0v) is 14.5. The molecule has 3 rings (SSSR count). The number of nitrogens with one attached hydrogen (secondary N) is 2. The highest BCUT2D eigenvalue weighted by molar-refractivity contribution is 5.80. The van der Waals surface area contributed by atoms with Gasteiger partial charge in [0.25, 0.3) is 0 Å². The Labute approximate surface area is 146 Å². The van der Waals surface area contributed by atoms with Gasteiger partial charge >= 0.3 is 6.18 Å². The van der Waals surface area contributed by atoms with Crippen LogP contribution in [-0.4, -0.2) is 19.0 Å². The van der Waals surface area contributed by atoms with Crippen molar-refractivity contribution in [3.63, 3.8) is 0 Å². The van der Waals surface area contributed by atoms with Gasteiger partial charge in [-0.15, -0.1) is 0 Å². The van der Waals surface area contributed by atoms with Gasteiger partial charge in [-0.1, -0.05) is 38.3 Å². The minimum absolute atomic E-state index is 0.0502. The van der Waals surface area contributed by atoms with Gasteiger partial charge in [-0.25, -0.2) is 0 Å². The molecule has 25 heavy (non-hydrogen) atoms. The lowest BCUT2D eigenvalue weighted by Crippen LogP contribution is -2.54. The fourth-order valence-corrected chi connectivity index (χ4v) is 3.86. The number of halogens is 3. The van der Waals surface area contributed by atoms with E-state index in [2.05, 4.69) is 10.6 Å². The third kappa shape index (κ3) is 3.84. The predicted molar refractivity (Wildman–Crippen MR) is 89.9 cm³/mol. The second kappa shape index (κ2) is 6.98. The Balaban J connectivity index is 1.87. The summed E-state index contributed by atoms with van der Waals surface area (Å²) in [7, 11) is 0. The maximum atomic E-state index is 13.1. The van der Waals surface area contributed by atoms with Crippen LogP contribution in [0, 0.1) is 11.8 Å². The van der Waals surface area contributed by atoms with Crippen molar-refractivity contribution in [2.45, 2.75) is 50.7 Å². The van der Waals surface area contributed by atoms with Crippen molar-refractivity contribution in [2.75, 3.05) is 13.1 Å². The summed E-state index contributed by atoms with van der Waals surface area (Å²) in [5.74, 6) is 0.124. The van der Waals surface area contributed by atoms with E-state index in [-0.39, 0.29) is 11.8 Å². The zero-order valence-electron chi connectivity index (χ0n) is 14.5. The molecule has 1 amide bonds. The molecule has 138 valence electrons. The first-order valence-corrected chi connectivity index (χ1v) is 9.02. The van der Waals surface area contributed by atoms with E-state index in [0.717, 1.165) is 38.4 Å². The Hall–Kier alpha value is -1.56. The standard InChI is InChI=1S/C19H25F3N2O/c1-13(14-11-23-12-14)17(25)24-18(8-3-2-4-9-18)15-6-5-7-16(10-15)19(20,21)22/h5-7,10,13-14,23H,2-4,8-9,11-12H2,1H3,(H,24,25). The molecule has 0 aromatic heterocycles. The summed E-state index contributed by atoms with van der Waals surface area (Å²) < 4.78 is 39.3. The molecule has 1 saturated heterocycles. The van der Waals surface area contributed by atoms with Crippen LogP contribution in [0.4, 0.5) is 13.2 Å². The molecule has 1 heterocycles. The second-order valence-electron chi connectivity index (χ2n) is 7.42. The average molecular weight is 354 g/mol. The first-order chi connectivity index (χ1) is 11.8. The van der Waals surface area contributed by atoms with E-state index in [9.17, 15) is 18.0 Å².